The molecule has 0 bridgehead atoms. The van der Waals surface area contributed by atoms with E-state index in [2.05, 4.69) is 14.9 Å². The van der Waals surface area contributed by atoms with E-state index in [9.17, 15) is 13.2 Å². The number of aromatic nitrogens is 1. The maximum absolute atomic E-state index is 13.5. The average Bonchev–Trinajstić information content (AvgIpc) is 3.45. The lowest BCUT2D eigenvalue weighted by Crippen LogP contribution is -2.35. The predicted molar refractivity (Wildman–Crippen MR) is 135 cm³/mol. The van der Waals surface area contributed by atoms with Crippen LogP contribution in [-0.2, 0) is 17.1 Å². The van der Waals surface area contributed by atoms with Crippen molar-refractivity contribution in [2.75, 3.05) is 40.4 Å². The topological polar surface area (TPSA) is 104 Å². The van der Waals surface area contributed by atoms with Crippen LogP contribution in [0.3, 0.4) is 0 Å². The van der Waals surface area contributed by atoms with E-state index in [0.29, 0.717) is 16.7 Å². The standard InChI is InChI=1S/C25H30N4O4S/c1-28-12-7-19-21(3-2-4-22(19)28)26-24(31)20-6-5-18(27-34(32,33)16-15-30)17-23(20)29-13-10-25(8-9-25)11-14-29/h2-7,12,17,27,30H,8-11,13-16H2,1H3,(H,26,31). The molecule has 9 heteroatoms. The number of sulfonamides is 1. The van der Waals surface area contributed by atoms with Crippen molar-refractivity contribution in [1.82, 2.24) is 4.57 Å². The quantitative estimate of drug-likeness (QED) is 0.478. The van der Waals surface area contributed by atoms with E-state index in [1.165, 1.54) is 12.8 Å². The number of aryl methyl sites for hydroxylation is 1. The highest BCUT2D eigenvalue weighted by molar-refractivity contribution is 7.92. The first kappa shape index (κ1) is 22.7. The lowest BCUT2D eigenvalue weighted by Gasteiger charge is -2.35. The van der Waals surface area contributed by atoms with Crippen molar-refractivity contribution in [2.45, 2.75) is 25.7 Å². The Hall–Kier alpha value is -3.04. The van der Waals surface area contributed by atoms with Crippen molar-refractivity contribution in [3.63, 3.8) is 0 Å². The van der Waals surface area contributed by atoms with Gasteiger partial charge in [0.05, 0.1) is 35.0 Å². The Bertz CT molecular complexity index is 1330. The summed E-state index contributed by atoms with van der Waals surface area (Å²) in [5.74, 6) is -0.611. The first-order chi connectivity index (χ1) is 16.3. The molecule has 1 aliphatic heterocycles. The van der Waals surface area contributed by atoms with Crippen molar-refractivity contribution in [3.05, 3.63) is 54.2 Å². The fourth-order valence-electron chi connectivity index (χ4n) is 4.90. The normalized spacial score (nSPS) is 17.2. The molecule has 2 heterocycles. The second-order valence-electron chi connectivity index (χ2n) is 9.48. The fraction of sp³-hybridized carbons (Fsp3) is 0.400. The van der Waals surface area contributed by atoms with Crippen molar-refractivity contribution in [3.8, 4) is 0 Å². The zero-order valence-electron chi connectivity index (χ0n) is 19.3. The first-order valence-electron chi connectivity index (χ1n) is 11.6. The van der Waals surface area contributed by atoms with Crippen LogP contribution in [0.4, 0.5) is 17.1 Å². The molecule has 0 atom stereocenters. The average molecular weight is 483 g/mol. The number of rotatable bonds is 7. The van der Waals surface area contributed by atoms with E-state index in [0.717, 1.165) is 48.2 Å². The SMILES string of the molecule is Cn1ccc2c(NC(=O)c3ccc(NS(=O)(=O)CCO)cc3N3CCC4(CC3)CC4)cccc21. The lowest BCUT2D eigenvalue weighted by atomic mass is 9.93. The molecule has 2 aliphatic rings. The minimum Gasteiger partial charge on any atom is -0.395 e. The van der Waals surface area contributed by atoms with E-state index in [1.54, 1.807) is 18.2 Å². The Morgan fingerprint density at radius 1 is 1.09 bits per heavy atom. The highest BCUT2D eigenvalue weighted by Crippen LogP contribution is 2.54. The molecule has 1 aliphatic carbocycles. The molecule has 5 rings (SSSR count). The van der Waals surface area contributed by atoms with Gasteiger partial charge in [0.25, 0.3) is 5.91 Å². The summed E-state index contributed by atoms with van der Waals surface area (Å²) < 4.78 is 28.9. The zero-order valence-corrected chi connectivity index (χ0v) is 20.1. The van der Waals surface area contributed by atoms with Crippen LogP contribution < -0.4 is 14.9 Å². The highest BCUT2D eigenvalue weighted by Gasteiger charge is 2.44. The number of carbonyl (C=O) groups excluding carboxylic acids is 1. The third kappa shape index (κ3) is 4.50. The van der Waals surface area contributed by atoms with Crippen LogP contribution in [-0.4, -0.2) is 49.4 Å². The van der Waals surface area contributed by atoms with Crippen LogP contribution in [0.25, 0.3) is 10.9 Å². The zero-order chi connectivity index (χ0) is 23.9. The van der Waals surface area contributed by atoms with Gasteiger partial charge in [-0.15, -0.1) is 0 Å². The van der Waals surface area contributed by atoms with Crippen molar-refractivity contribution in [2.24, 2.45) is 12.5 Å². The molecular formula is C25H30N4O4S. The number of hydrogen-bond acceptors (Lipinski definition) is 5. The minimum absolute atomic E-state index is 0.233. The third-order valence-corrected chi connectivity index (χ3v) is 8.44. The summed E-state index contributed by atoms with van der Waals surface area (Å²) in [6, 6.07) is 12.8. The van der Waals surface area contributed by atoms with E-state index in [-0.39, 0.29) is 11.7 Å². The number of anilines is 3. The summed E-state index contributed by atoms with van der Waals surface area (Å²) in [4.78, 5) is 15.6. The maximum Gasteiger partial charge on any atom is 0.257 e. The number of aliphatic hydroxyl groups excluding tert-OH is 1. The number of amides is 1. The Morgan fingerprint density at radius 2 is 1.85 bits per heavy atom. The smallest absolute Gasteiger partial charge is 0.257 e. The van der Waals surface area contributed by atoms with E-state index < -0.39 is 16.6 Å². The monoisotopic (exact) mass is 482 g/mol. The third-order valence-electron chi connectivity index (χ3n) is 7.17. The van der Waals surface area contributed by atoms with Crippen molar-refractivity contribution in [1.29, 1.82) is 0 Å². The summed E-state index contributed by atoms with van der Waals surface area (Å²) >= 11 is 0. The van der Waals surface area contributed by atoms with Gasteiger partial charge in [-0.1, -0.05) is 6.07 Å². The molecule has 3 N–H and O–H groups in total. The molecule has 2 fully saturated rings. The lowest BCUT2D eigenvalue weighted by molar-refractivity contribution is 0.102. The van der Waals surface area contributed by atoms with Crippen molar-refractivity contribution >= 4 is 43.9 Å². The molecule has 1 spiro atoms. The molecule has 0 radical (unpaired) electrons. The van der Waals surface area contributed by atoms with Gasteiger partial charge < -0.3 is 19.9 Å². The number of fused-ring (bicyclic) bond motifs is 1. The molecule has 0 unspecified atom stereocenters. The van der Waals surface area contributed by atoms with E-state index in [1.807, 2.05) is 42.1 Å². The van der Waals surface area contributed by atoms with Gasteiger partial charge in [0, 0.05) is 37.2 Å². The number of carbonyl (C=O) groups is 1. The van der Waals surface area contributed by atoms with Gasteiger partial charge in [0.2, 0.25) is 10.0 Å². The van der Waals surface area contributed by atoms with Gasteiger partial charge in [0.1, 0.15) is 0 Å². The van der Waals surface area contributed by atoms with Gasteiger partial charge >= 0.3 is 0 Å². The predicted octanol–water partition coefficient (Wildman–Crippen LogP) is 3.55. The van der Waals surface area contributed by atoms with Crippen LogP contribution in [0.15, 0.2) is 48.7 Å². The second kappa shape index (κ2) is 8.63. The van der Waals surface area contributed by atoms with Gasteiger partial charge in [-0.3, -0.25) is 9.52 Å². The molecule has 8 nitrogen and oxygen atoms in total. The number of benzene rings is 2. The molecule has 3 aromatic rings. The molecular weight excluding hydrogens is 452 g/mol. The van der Waals surface area contributed by atoms with Crippen molar-refractivity contribution < 1.29 is 18.3 Å². The summed E-state index contributed by atoms with van der Waals surface area (Å²) in [5, 5.41) is 13.1. The van der Waals surface area contributed by atoms with Gasteiger partial charge in [-0.25, -0.2) is 8.42 Å². The Labute approximate surface area is 199 Å². The summed E-state index contributed by atoms with van der Waals surface area (Å²) in [5.41, 5.74) is 3.84. The number of aliphatic hydroxyl groups is 1. The summed E-state index contributed by atoms with van der Waals surface area (Å²) in [7, 11) is -1.70. The minimum atomic E-state index is -3.67. The number of hydrogen-bond donors (Lipinski definition) is 3. The molecule has 180 valence electrons. The first-order valence-corrected chi connectivity index (χ1v) is 13.3. The molecule has 1 aromatic heterocycles. The van der Waals surface area contributed by atoms with Gasteiger partial charge in [-0.05, 0) is 67.5 Å². The van der Waals surface area contributed by atoms with Crippen LogP contribution in [0.1, 0.15) is 36.0 Å². The molecule has 34 heavy (non-hydrogen) atoms. The number of nitrogens with zero attached hydrogens (tertiary/aromatic N) is 2. The van der Waals surface area contributed by atoms with Crippen LogP contribution in [0.5, 0.6) is 0 Å². The van der Waals surface area contributed by atoms with Gasteiger partial charge in [0.15, 0.2) is 0 Å². The molecule has 2 aromatic carbocycles. The Balaban J connectivity index is 1.46. The van der Waals surface area contributed by atoms with E-state index in [4.69, 9.17) is 5.11 Å². The van der Waals surface area contributed by atoms with Crippen LogP contribution in [0.2, 0.25) is 0 Å². The fourth-order valence-corrected chi connectivity index (χ4v) is 5.73. The number of nitrogens with one attached hydrogen (secondary N) is 2. The molecule has 1 saturated heterocycles. The summed E-state index contributed by atoms with van der Waals surface area (Å²) in [6.45, 7) is 1.21. The Kier molecular flexibility index (Phi) is 5.77. The van der Waals surface area contributed by atoms with Crippen LogP contribution in [0, 0.1) is 5.41 Å². The molecule has 1 saturated carbocycles. The maximum atomic E-state index is 13.5. The molecule has 1 amide bonds. The second-order valence-corrected chi connectivity index (χ2v) is 11.3. The largest absolute Gasteiger partial charge is 0.395 e. The number of piperidine rings is 1. The summed E-state index contributed by atoms with van der Waals surface area (Å²) in [6.07, 6.45) is 6.67. The van der Waals surface area contributed by atoms with Gasteiger partial charge in [-0.2, -0.15) is 0 Å². The van der Waals surface area contributed by atoms with Crippen LogP contribution >= 0.6 is 0 Å². The highest BCUT2D eigenvalue weighted by atomic mass is 32.2. The Morgan fingerprint density at radius 3 is 2.56 bits per heavy atom. The van der Waals surface area contributed by atoms with E-state index >= 15 is 0 Å².